The molecule has 0 unspecified atom stereocenters. The van der Waals surface area contributed by atoms with Gasteiger partial charge in [-0.25, -0.2) is 0 Å². The quantitative estimate of drug-likeness (QED) is 0.786. The first-order valence-electron chi connectivity index (χ1n) is 3.71. The van der Waals surface area contributed by atoms with Crippen molar-refractivity contribution in [2.45, 2.75) is 20.0 Å². The predicted octanol–water partition coefficient (Wildman–Crippen LogP) is 2.50. The van der Waals surface area contributed by atoms with Crippen molar-refractivity contribution in [2.75, 3.05) is 0 Å². The van der Waals surface area contributed by atoms with E-state index in [1.165, 1.54) is 5.19 Å². The van der Waals surface area contributed by atoms with Crippen LogP contribution in [0.2, 0.25) is 13.1 Å². The molecule has 0 aliphatic heterocycles. The smallest absolute Gasteiger partial charge is 0.115 e. The van der Waals surface area contributed by atoms with E-state index in [2.05, 4.69) is 19.2 Å². The molecule has 0 fully saturated rings. The molecular formula is C9H15Cl2OSiTi. The Morgan fingerprint density at radius 1 is 1.07 bits per heavy atom. The van der Waals surface area contributed by atoms with Crippen molar-refractivity contribution in [3.63, 3.8) is 0 Å². The van der Waals surface area contributed by atoms with Crippen LogP contribution in [0.5, 0.6) is 5.75 Å². The second kappa shape index (κ2) is 8.81. The van der Waals surface area contributed by atoms with Gasteiger partial charge in [0.15, 0.2) is 0 Å². The molecule has 0 bridgehead atoms. The fourth-order valence-corrected chi connectivity index (χ4v) is 2.00. The van der Waals surface area contributed by atoms with Crippen LogP contribution in [0.15, 0.2) is 18.2 Å². The third-order valence-electron chi connectivity index (χ3n) is 1.64. The number of halogens is 2. The number of phenolic OH excluding ortho intramolecular Hbond substituents is 1. The van der Waals surface area contributed by atoms with Crippen molar-refractivity contribution >= 4 is 38.8 Å². The molecular weight excluding hydrogens is 271 g/mol. The van der Waals surface area contributed by atoms with Gasteiger partial charge in [-0.15, -0.1) is 24.8 Å². The largest absolute Gasteiger partial charge is 0.508 e. The number of benzene rings is 1. The molecule has 79 valence electrons. The average Bonchev–Trinajstić information content (AvgIpc) is 1.85. The minimum absolute atomic E-state index is 0. The number of aryl methyl sites for hydroxylation is 1. The molecule has 0 aromatic heterocycles. The molecule has 1 aromatic rings. The molecule has 0 spiro atoms. The van der Waals surface area contributed by atoms with Crippen molar-refractivity contribution in [3.8, 4) is 5.75 Å². The van der Waals surface area contributed by atoms with Crippen LogP contribution in [0, 0.1) is 6.92 Å². The van der Waals surface area contributed by atoms with Crippen molar-refractivity contribution in [1.82, 2.24) is 0 Å². The van der Waals surface area contributed by atoms with Gasteiger partial charge in [-0.1, -0.05) is 24.3 Å². The van der Waals surface area contributed by atoms with Crippen LogP contribution in [-0.4, -0.2) is 13.9 Å². The van der Waals surface area contributed by atoms with Crippen LogP contribution in [0.3, 0.4) is 0 Å². The molecule has 0 heterocycles. The standard InChI is InChI=1S/C9H13OSi.2ClH.Ti/c1-7-4-8(10)6-9(5-7)11(2)3;;;/h4-6,10H,1-3H3;2*1H;. The summed E-state index contributed by atoms with van der Waals surface area (Å²) >= 11 is 0. The maximum Gasteiger partial charge on any atom is 0.115 e. The first kappa shape index (κ1) is 20.0. The average molecular weight is 286 g/mol. The number of hydrogen-bond acceptors (Lipinski definition) is 1. The van der Waals surface area contributed by atoms with E-state index in [9.17, 15) is 5.11 Å². The van der Waals surface area contributed by atoms with Gasteiger partial charge in [0.05, 0.1) is 8.80 Å². The van der Waals surface area contributed by atoms with Crippen molar-refractivity contribution < 1.29 is 26.8 Å². The molecule has 1 rings (SSSR count). The third-order valence-corrected chi connectivity index (χ3v) is 3.08. The van der Waals surface area contributed by atoms with Crippen LogP contribution >= 0.6 is 24.8 Å². The van der Waals surface area contributed by atoms with E-state index in [-0.39, 0.29) is 46.5 Å². The number of phenols is 1. The first-order valence-corrected chi connectivity index (χ1v) is 6.21. The Bertz CT molecular complexity index is 249. The molecule has 0 saturated carbocycles. The molecule has 1 N–H and O–H groups in total. The molecule has 0 atom stereocenters. The molecule has 1 nitrogen and oxygen atoms in total. The van der Waals surface area contributed by atoms with Gasteiger partial charge < -0.3 is 5.11 Å². The van der Waals surface area contributed by atoms with E-state index < -0.39 is 8.80 Å². The van der Waals surface area contributed by atoms with Gasteiger partial charge in [-0.2, -0.15) is 0 Å². The van der Waals surface area contributed by atoms with E-state index in [1.54, 1.807) is 6.07 Å². The zero-order valence-electron chi connectivity index (χ0n) is 8.50. The Morgan fingerprint density at radius 2 is 1.57 bits per heavy atom. The summed E-state index contributed by atoms with van der Waals surface area (Å²) in [6, 6.07) is 5.80. The summed E-state index contributed by atoms with van der Waals surface area (Å²) in [6.07, 6.45) is 0. The fourth-order valence-electron chi connectivity index (χ4n) is 1.05. The van der Waals surface area contributed by atoms with E-state index in [0.717, 1.165) is 5.56 Å². The fraction of sp³-hybridized carbons (Fsp3) is 0.333. The van der Waals surface area contributed by atoms with Gasteiger partial charge in [0.2, 0.25) is 0 Å². The SMILES string of the molecule is Cc1cc(O)cc([Si](C)C)c1.Cl.Cl.[Ti]. The van der Waals surface area contributed by atoms with Crippen LogP contribution in [-0.2, 0) is 21.7 Å². The maximum atomic E-state index is 9.26. The topological polar surface area (TPSA) is 20.2 Å². The number of rotatable bonds is 1. The van der Waals surface area contributed by atoms with Gasteiger partial charge >= 0.3 is 0 Å². The molecule has 0 aliphatic carbocycles. The van der Waals surface area contributed by atoms with Crippen molar-refractivity contribution in [1.29, 1.82) is 0 Å². The van der Waals surface area contributed by atoms with Gasteiger partial charge in [0, 0.05) is 21.7 Å². The summed E-state index contributed by atoms with van der Waals surface area (Å²) in [4.78, 5) is 0. The van der Waals surface area contributed by atoms with Crippen LogP contribution in [0.1, 0.15) is 5.56 Å². The normalized spacial score (nSPS) is 8.29. The summed E-state index contributed by atoms with van der Waals surface area (Å²) < 4.78 is 0. The summed E-state index contributed by atoms with van der Waals surface area (Å²) in [5, 5.41) is 10.6. The Morgan fingerprint density at radius 3 is 1.93 bits per heavy atom. The minimum Gasteiger partial charge on any atom is -0.508 e. The van der Waals surface area contributed by atoms with E-state index in [4.69, 9.17) is 0 Å². The second-order valence-corrected chi connectivity index (χ2v) is 5.63. The predicted molar refractivity (Wildman–Crippen MR) is 64.5 cm³/mol. The van der Waals surface area contributed by atoms with Crippen LogP contribution in [0.25, 0.3) is 0 Å². The summed E-state index contributed by atoms with van der Waals surface area (Å²) in [5.41, 5.74) is 1.14. The third kappa shape index (κ3) is 6.10. The minimum atomic E-state index is -0.416. The Balaban J connectivity index is -0.000000403. The van der Waals surface area contributed by atoms with E-state index >= 15 is 0 Å². The van der Waals surface area contributed by atoms with E-state index in [1.807, 2.05) is 13.0 Å². The monoisotopic (exact) mass is 285 g/mol. The number of aromatic hydroxyl groups is 1. The van der Waals surface area contributed by atoms with Gasteiger partial charge in [0.1, 0.15) is 5.75 Å². The Labute approximate surface area is 115 Å². The molecule has 5 heteroatoms. The molecule has 1 aromatic carbocycles. The molecule has 14 heavy (non-hydrogen) atoms. The zero-order chi connectivity index (χ0) is 8.43. The zero-order valence-corrected chi connectivity index (χ0v) is 12.7. The maximum absolute atomic E-state index is 9.26. The molecule has 1 radical (unpaired) electrons. The summed E-state index contributed by atoms with van der Waals surface area (Å²) in [6.45, 7) is 6.45. The molecule has 0 aliphatic rings. The van der Waals surface area contributed by atoms with Gasteiger partial charge in [-0.3, -0.25) is 0 Å². The van der Waals surface area contributed by atoms with E-state index in [0.29, 0.717) is 5.75 Å². The summed E-state index contributed by atoms with van der Waals surface area (Å²) in [5.74, 6) is 0.395. The first-order chi connectivity index (χ1) is 5.09. The Kier molecular flexibility index (Phi) is 12.6. The summed E-state index contributed by atoms with van der Waals surface area (Å²) in [7, 11) is -0.416. The Hall–Kier alpha value is 0.531. The molecule has 0 amide bonds. The van der Waals surface area contributed by atoms with Crippen LogP contribution in [0.4, 0.5) is 0 Å². The van der Waals surface area contributed by atoms with Crippen molar-refractivity contribution in [3.05, 3.63) is 23.8 Å². The second-order valence-electron chi connectivity index (χ2n) is 3.06. The van der Waals surface area contributed by atoms with Gasteiger partial charge in [-0.05, 0) is 24.6 Å². The van der Waals surface area contributed by atoms with Crippen molar-refractivity contribution in [2.24, 2.45) is 0 Å². The number of hydrogen-bond donors (Lipinski definition) is 1. The van der Waals surface area contributed by atoms with Gasteiger partial charge in [0.25, 0.3) is 0 Å². The molecule has 0 saturated heterocycles. The van der Waals surface area contributed by atoms with Crippen LogP contribution < -0.4 is 5.19 Å².